The molecular weight excluding hydrogens is 282 g/mol. The molecule has 0 aromatic heterocycles. The Morgan fingerprint density at radius 1 is 1.05 bits per heavy atom. The van der Waals surface area contributed by atoms with Gasteiger partial charge in [0.25, 0.3) is 0 Å². The van der Waals surface area contributed by atoms with Crippen LogP contribution < -0.4 is 5.32 Å². The summed E-state index contributed by atoms with van der Waals surface area (Å²) in [5.74, 6) is 0.629. The van der Waals surface area contributed by atoms with E-state index in [1.807, 2.05) is 6.07 Å². The van der Waals surface area contributed by atoms with Gasteiger partial charge in [0.05, 0.1) is 11.5 Å². The van der Waals surface area contributed by atoms with Crippen LogP contribution in [0.1, 0.15) is 31.4 Å². The lowest BCUT2D eigenvalue weighted by Gasteiger charge is -2.27. The van der Waals surface area contributed by atoms with Crippen LogP contribution in [0.25, 0.3) is 10.8 Å². The van der Waals surface area contributed by atoms with E-state index in [2.05, 4.69) is 48.6 Å². The van der Waals surface area contributed by atoms with E-state index in [1.165, 1.54) is 16.3 Å². The van der Waals surface area contributed by atoms with E-state index >= 15 is 0 Å². The Balaban J connectivity index is 1.70. The number of rotatable bonds is 3. The van der Waals surface area contributed by atoms with E-state index in [-0.39, 0.29) is 6.04 Å². The second kappa shape index (κ2) is 5.78. The fourth-order valence-corrected chi connectivity index (χ4v) is 4.48. The van der Waals surface area contributed by atoms with Crippen molar-refractivity contribution in [3.63, 3.8) is 0 Å². The Labute approximate surface area is 126 Å². The average Bonchev–Trinajstić information content (AvgIpc) is 2.49. The summed E-state index contributed by atoms with van der Waals surface area (Å²) in [6.07, 6.45) is 1.44. The molecule has 0 aliphatic carbocycles. The van der Waals surface area contributed by atoms with Gasteiger partial charge in [0.15, 0.2) is 0 Å². The second-order valence-corrected chi connectivity index (χ2v) is 8.22. The number of nitrogens with one attached hydrogen (secondary N) is 1. The lowest BCUT2D eigenvalue weighted by Crippen LogP contribution is -2.38. The molecule has 0 bridgehead atoms. The summed E-state index contributed by atoms with van der Waals surface area (Å²) in [6, 6.07) is 15.4. The maximum Gasteiger partial charge on any atom is 0.150 e. The normalized spacial score (nSPS) is 20.4. The summed E-state index contributed by atoms with van der Waals surface area (Å²) >= 11 is 0. The minimum absolute atomic E-state index is 0.236. The molecule has 1 fully saturated rings. The van der Waals surface area contributed by atoms with Crippen molar-refractivity contribution in [3.8, 4) is 0 Å². The van der Waals surface area contributed by atoms with Crippen molar-refractivity contribution in [1.29, 1.82) is 0 Å². The second-order valence-electron chi connectivity index (χ2n) is 5.92. The summed E-state index contributed by atoms with van der Waals surface area (Å²) in [7, 11) is -2.78. The molecule has 3 nitrogen and oxygen atoms in total. The van der Waals surface area contributed by atoms with E-state index in [0.29, 0.717) is 17.5 Å². The van der Waals surface area contributed by atoms with Gasteiger partial charge in [0, 0.05) is 12.1 Å². The third-order valence-corrected chi connectivity index (χ3v) is 6.03. The third kappa shape index (κ3) is 3.44. The molecule has 1 heterocycles. The van der Waals surface area contributed by atoms with Gasteiger partial charge in [-0.05, 0) is 42.2 Å². The zero-order valence-corrected chi connectivity index (χ0v) is 13.1. The standard InChI is InChI=1S/C17H21NO2S/c1-13(18-17-8-10-21(19,20)11-9-17)15-7-6-14-4-2-3-5-16(14)12-15/h2-7,12-13,17-18H,8-11H2,1H3. The monoisotopic (exact) mass is 303 g/mol. The van der Waals surface area contributed by atoms with Gasteiger partial charge in [-0.3, -0.25) is 0 Å². The number of benzene rings is 2. The largest absolute Gasteiger partial charge is 0.307 e. The van der Waals surface area contributed by atoms with Crippen LogP contribution in [-0.2, 0) is 9.84 Å². The van der Waals surface area contributed by atoms with E-state index < -0.39 is 9.84 Å². The highest BCUT2D eigenvalue weighted by molar-refractivity contribution is 7.91. The van der Waals surface area contributed by atoms with Crippen molar-refractivity contribution >= 4 is 20.6 Å². The topological polar surface area (TPSA) is 46.2 Å². The molecule has 0 saturated carbocycles. The van der Waals surface area contributed by atoms with Crippen LogP contribution in [0.5, 0.6) is 0 Å². The molecule has 2 aromatic rings. The SMILES string of the molecule is CC(NC1CCS(=O)(=O)CC1)c1ccc2ccccc2c1. The number of fused-ring (bicyclic) bond motifs is 1. The first-order valence-corrected chi connectivity index (χ1v) is 9.31. The molecule has 1 atom stereocenters. The molecule has 0 spiro atoms. The molecule has 1 unspecified atom stereocenters. The van der Waals surface area contributed by atoms with Gasteiger partial charge < -0.3 is 5.32 Å². The summed E-state index contributed by atoms with van der Waals surface area (Å²) in [5.41, 5.74) is 1.25. The van der Waals surface area contributed by atoms with Gasteiger partial charge in [-0.1, -0.05) is 36.4 Å². The van der Waals surface area contributed by atoms with Gasteiger partial charge in [0.2, 0.25) is 0 Å². The Bertz CT molecular complexity index is 725. The quantitative estimate of drug-likeness (QED) is 0.948. The van der Waals surface area contributed by atoms with Crippen molar-refractivity contribution in [2.45, 2.75) is 31.8 Å². The highest BCUT2D eigenvalue weighted by Crippen LogP contribution is 2.22. The predicted molar refractivity (Wildman–Crippen MR) is 87.2 cm³/mol. The molecule has 1 N–H and O–H groups in total. The molecule has 1 saturated heterocycles. The van der Waals surface area contributed by atoms with Crippen LogP contribution in [0.15, 0.2) is 42.5 Å². The minimum atomic E-state index is -2.78. The molecule has 0 radical (unpaired) electrons. The maximum atomic E-state index is 11.5. The van der Waals surface area contributed by atoms with Crippen LogP contribution in [0.3, 0.4) is 0 Å². The molecule has 1 aliphatic heterocycles. The fourth-order valence-electron chi connectivity index (χ4n) is 2.98. The maximum absolute atomic E-state index is 11.5. The molecule has 3 rings (SSSR count). The first-order valence-electron chi connectivity index (χ1n) is 7.49. The van der Waals surface area contributed by atoms with Crippen molar-refractivity contribution in [2.24, 2.45) is 0 Å². The van der Waals surface area contributed by atoms with E-state index in [0.717, 1.165) is 12.8 Å². The summed E-state index contributed by atoms with van der Waals surface area (Å²) in [6.45, 7) is 2.15. The average molecular weight is 303 g/mol. The Morgan fingerprint density at radius 2 is 1.71 bits per heavy atom. The Hall–Kier alpha value is -1.39. The lowest BCUT2D eigenvalue weighted by molar-refractivity contribution is 0.420. The zero-order valence-electron chi connectivity index (χ0n) is 12.2. The van der Waals surface area contributed by atoms with Crippen LogP contribution >= 0.6 is 0 Å². The summed E-state index contributed by atoms with van der Waals surface area (Å²) < 4.78 is 22.9. The van der Waals surface area contributed by atoms with Crippen LogP contribution in [0, 0.1) is 0 Å². The van der Waals surface area contributed by atoms with E-state index in [9.17, 15) is 8.42 Å². The van der Waals surface area contributed by atoms with Gasteiger partial charge in [0.1, 0.15) is 9.84 Å². The third-order valence-electron chi connectivity index (χ3n) is 4.31. The van der Waals surface area contributed by atoms with E-state index in [4.69, 9.17) is 0 Å². The molecule has 21 heavy (non-hydrogen) atoms. The number of hydrogen-bond acceptors (Lipinski definition) is 3. The Morgan fingerprint density at radius 3 is 2.43 bits per heavy atom. The van der Waals surface area contributed by atoms with Gasteiger partial charge in [-0.15, -0.1) is 0 Å². The van der Waals surface area contributed by atoms with Crippen molar-refractivity contribution in [2.75, 3.05) is 11.5 Å². The minimum Gasteiger partial charge on any atom is -0.307 e. The number of sulfone groups is 1. The van der Waals surface area contributed by atoms with Gasteiger partial charge in [-0.2, -0.15) is 0 Å². The smallest absolute Gasteiger partial charge is 0.150 e. The highest BCUT2D eigenvalue weighted by atomic mass is 32.2. The predicted octanol–water partition coefficient (Wildman–Crippen LogP) is 3.07. The first-order chi connectivity index (χ1) is 10.0. The number of hydrogen-bond donors (Lipinski definition) is 1. The zero-order chi connectivity index (χ0) is 14.9. The van der Waals surface area contributed by atoms with Crippen LogP contribution in [0.2, 0.25) is 0 Å². The Kier molecular flexibility index (Phi) is 4.00. The first kappa shape index (κ1) is 14.5. The van der Waals surface area contributed by atoms with Crippen molar-refractivity contribution < 1.29 is 8.42 Å². The molecule has 112 valence electrons. The van der Waals surface area contributed by atoms with Gasteiger partial charge in [-0.25, -0.2) is 8.42 Å². The molecule has 2 aromatic carbocycles. The van der Waals surface area contributed by atoms with Crippen molar-refractivity contribution in [3.05, 3.63) is 48.0 Å². The molecular formula is C17H21NO2S. The highest BCUT2D eigenvalue weighted by Gasteiger charge is 2.24. The van der Waals surface area contributed by atoms with Gasteiger partial charge >= 0.3 is 0 Å². The van der Waals surface area contributed by atoms with Crippen LogP contribution in [-0.4, -0.2) is 26.0 Å². The van der Waals surface area contributed by atoms with Crippen LogP contribution in [0.4, 0.5) is 0 Å². The summed E-state index contributed by atoms with van der Waals surface area (Å²) in [5, 5.41) is 6.07. The molecule has 0 amide bonds. The van der Waals surface area contributed by atoms with Crippen molar-refractivity contribution in [1.82, 2.24) is 5.32 Å². The fraction of sp³-hybridized carbons (Fsp3) is 0.412. The van der Waals surface area contributed by atoms with E-state index in [1.54, 1.807) is 0 Å². The lowest BCUT2D eigenvalue weighted by atomic mass is 10.0. The summed E-state index contributed by atoms with van der Waals surface area (Å²) in [4.78, 5) is 0. The molecule has 1 aliphatic rings. The molecule has 4 heteroatoms.